The SMILES string of the molecule is CCc1cc(OC(F)F)c2c(n1)C(F)(Cc1ccc(S(=O)(=O)N3CCOCC3)cc1)CC=C2OCC(=O)O. The first-order valence-corrected chi connectivity index (χ1v) is 13.4. The topological polar surface area (TPSA) is 115 Å². The Morgan fingerprint density at radius 1 is 1.24 bits per heavy atom. The predicted molar refractivity (Wildman–Crippen MR) is 129 cm³/mol. The maximum Gasteiger partial charge on any atom is 0.387 e. The smallest absolute Gasteiger partial charge is 0.387 e. The number of aliphatic carboxylic acids is 1. The van der Waals surface area contributed by atoms with Crippen molar-refractivity contribution in [2.75, 3.05) is 32.9 Å². The fourth-order valence-corrected chi connectivity index (χ4v) is 5.83. The predicted octanol–water partition coefficient (Wildman–Crippen LogP) is 3.52. The van der Waals surface area contributed by atoms with Crippen LogP contribution in [0.1, 0.15) is 35.9 Å². The number of halogens is 3. The molecule has 1 aliphatic heterocycles. The lowest BCUT2D eigenvalue weighted by molar-refractivity contribution is -0.140. The molecule has 2 heterocycles. The Kier molecular flexibility index (Phi) is 8.28. The number of sulfonamides is 1. The molecule has 1 N–H and O–H groups in total. The molecule has 0 bridgehead atoms. The molecule has 0 radical (unpaired) electrons. The van der Waals surface area contributed by atoms with Crippen LogP contribution in [0.3, 0.4) is 0 Å². The highest BCUT2D eigenvalue weighted by atomic mass is 32.2. The Bertz CT molecular complexity index is 1310. The van der Waals surface area contributed by atoms with Crippen LogP contribution in [0.25, 0.3) is 5.76 Å². The fourth-order valence-electron chi connectivity index (χ4n) is 4.42. The van der Waals surface area contributed by atoms with E-state index >= 15 is 4.39 Å². The molecule has 1 aliphatic carbocycles. The quantitative estimate of drug-likeness (QED) is 0.473. The summed E-state index contributed by atoms with van der Waals surface area (Å²) in [7, 11) is -3.74. The molecule has 1 saturated heterocycles. The lowest BCUT2D eigenvalue weighted by Crippen LogP contribution is -2.40. The molecule has 1 unspecified atom stereocenters. The van der Waals surface area contributed by atoms with Gasteiger partial charge in [0.25, 0.3) is 0 Å². The number of alkyl halides is 3. The Balaban J connectivity index is 1.68. The number of nitrogens with zero attached hydrogens (tertiary/aromatic N) is 2. The van der Waals surface area contributed by atoms with Crippen molar-refractivity contribution < 1.29 is 45.7 Å². The van der Waals surface area contributed by atoms with Crippen molar-refractivity contribution in [2.24, 2.45) is 0 Å². The van der Waals surface area contributed by atoms with E-state index in [0.717, 1.165) is 0 Å². The lowest BCUT2D eigenvalue weighted by atomic mass is 9.82. The van der Waals surface area contributed by atoms with Gasteiger partial charge in [-0.15, -0.1) is 0 Å². The molecule has 0 saturated carbocycles. The highest BCUT2D eigenvalue weighted by Gasteiger charge is 2.42. The summed E-state index contributed by atoms with van der Waals surface area (Å²) < 4.78 is 85.3. The van der Waals surface area contributed by atoms with Gasteiger partial charge in [-0.1, -0.05) is 19.1 Å². The minimum Gasteiger partial charge on any atom is -0.481 e. The Morgan fingerprint density at radius 3 is 2.53 bits per heavy atom. The largest absolute Gasteiger partial charge is 0.481 e. The van der Waals surface area contributed by atoms with Crippen molar-refractivity contribution in [1.82, 2.24) is 9.29 Å². The van der Waals surface area contributed by atoms with E-state index in [-0.39, 0.29) is 53.6 Å². The highest BCUT2D eigenvalue weighted by Crippen LogP contribution is 2.46. The van der Waals surface area contributed by atoms with Crippen LogP contribution >= 0.6 is 0 Å². The van der Waals surface area contributed by atoms with Crippen LogP contribution < -0.4 is 4.74 Å². The van der Waals surface area contributed by atoms with Crippen LogP contribution in [0.2, 0.25) is 0 Å². The summed E-state index contributed by atoms with van der Waals surface area (Å²) in [6, 6.07) is 7.03. The Hall–Kier alpha value is -3.16. The number of aryl methyl sites for hydroxylation is 1. The number of hydrogen-bond donors (Lipinski definition) is 1. The van der Waals surface area contributed by atoms with E-state index in [9.17, 15) is 22.0 Å². The molecule has 38 heavy (non-hydrogen) atoms. The summed E-state index contributed by atoms with van der Waals surface area (Å²) in [5.41, 5.74) is -1.83. The molecule has 4 rings (SSSR count). The maximum absolute atomic E-state index is 16.6. The second-order valence-electron chi connectivity index (χ2n) is 8.82. The number of fused-ring (bicyclic) bond motifs is 1. The molecule has 1 fully saturated rings. The van der Waals surface area contributed by atoms with Crippen LogP contribution in [0.5, 0.6) is 5.75 Å². The average Bonchev–Trinajstić information content (AvgIpc) is 2.89. The zero-order valence-corrected chi connectivity index (χ0v) is 21.3. The normalized spacial score (nSPS) is 20.1. The minimum atomic E-state index is -3.74. The number of aromatic nitrogens is 1. The number of allylic oxidation sites excluding steroid dienone is 1. The number of pyridine rings is 1. The summed E-state index contributed by atoms with van der Waals surface area (Å²) in [4.78, 5) is 15.5. The summed E-state index contributed by atoms with van der Waals surface area (Å²) in [5, 5.41) is 9.00. The Labute approximate surface area is 217 Å². The van der Waals surface area contributed by atoms with Gasteiger partial charge in [0.1, 0.15) is 11.5 Å². The molecule has 1 atom stereocenters. The zero-order chi connectivity index (χ0) is 27.5. The average molecular weight is 557 g/mol. The van der Waals surface area contributed by atoms with Gasteiger partial charge in [0.05, 0.1) is 29.4 Å². The number of morpholine rings is 1. The highest BCUT2D eigenvalue weighted by molar-refractivity contribution is 7.89. The molecule has 13 heteroatoms. The third-order valence-corrected chi connectivity index (χ3v) is 8.18. The van der Waals surface area contributed by atoms with Gasteiger partial charge in [-0.2, -0.15) is 13.1 Å². The number of carboxylic acids is 1. The molecule has 9 nitrogen and oxygen atoms in total. The number of hydrogen-bond acceptors (Lipinski definition) is 7. The van der Waals surface area contributed by atoms with E-state index in [1.54, 1.807) is 6.92 Å². The van der Waals surface area contributed by atoms with E-state index in [1.807, 2.05) is 0 Å². The van der Waals surface area contributed by atoms with Crippen LogP contribution in [0, 0.1) is 0 Å². The van der Waals surface area contributed by atoms with Gasteiger partial charge < -0.3 is 19.3 Å². The van der Waals surface area contributed by atoms with Gasteiger partial charge in [0, 0.05) is 37.7 Å². The fraction of sp³-hybridized carbons (Fsp3) is 0.440. The third kappa shape index (κ3) is 5.94. The van der Waals surface area contributed by atoms with Crippen molar-refractivity contribution >= 4 is 21.8 Å². The molecule has 0 amide bonds. The zero-order valence-electron chi connectivity index (χ0n) is 20.5. The molecular formula is C25H27F3N2O7S. The van der Waals surface area contributed by atoms with Crippen molar-refractivity contribution in [3.63, 3.8) is 0 Å². The van der Waals surface area contributed by atoms with E-state index in [2.05, 4.69) is 9.72 Å². The van der Waals surface area contributed by atoms with Gasteiger partial charge in [-0.05, 0) is 30.2 Å². The molecule has 1 aromatic heterocycles. The van der Waals surface area contributed by atoms with Gasteiger partial charge in [0.2, 0.25) is 10.0 Å². The van der Waals surface area contributed by atoms with Gasteiger partial charge in [-0.3, -0.25) is 4.98 Å². The number of carboxylic acid groups (broad SMARTS) is 1. The standard InChI is InChI=1S/C25H27F3N2O7S/c1-2-17-13-20(37-24(26)27)22-19(36-15-21(31)32)7-8-25(28,23(22)29-17)14-16-3-5-18(6-4-16)38(33,34)30-9-11-35-12-10-30/h3-7,13,24H,2,8-12,14-15H2,1H3,(H,31,32). The lowest BCUT2D eigenvalue weighted by Gasteiger charge is -2.32. The van der Waals surface area contributed by atoms with Crippen LogP contribution in [-0.2, 0) is 42.8 Å². The summed E-state index contributed by atoms with van der Waals surface area (Å²) >= 11 is 0. The summed E-state index contributed by atoms with van der Waals surface area (Å²) in [6.07, 6.45) is 1.05. The first-order chi connectivity index (χ1) is 18.0. The van der Waals surface area contributed by atoms with Crippen molar-refractivity contribution in [1.29, 1.82) is 0 Å². The molecule has 206 valence electrons. The van der Waals surface area contributed by atoms with Crippen molar-refractivity contribution in [3.8, 4) is 5.75 Å². The van der Waals surface area contributed by atoms with Crippen molar-refractivity contribution in [3.05, 3.63) is 58.9 Å². The Morgan fingerprint density at radius 2 is 1.92 bits per heavy atom. The molecule has 0 spiro atoms. The van der Waals surface area contributed by atoms with Gasteiger partial charge >= 0.3 is 12.6 Å². The van der Waals surface area contributed by atoms with Crippen molar-refractivity contribution in [2.45, 2.75) is 43.4 Å². The second-order valence-corrected chi connectivity index (χ2v) is 10.8. The van der Waals surface area contributed by atoms with Gasteiger partial charge in [0.15, 0.2) is 12.3 Å². The van der Waals surface area contributed by atoms with E-state index in [4.69, 9.17) is 14.6 Å². The van der Waals surface area contributed by atoms with E-state index < -0.39 is 34.9 Å². The molecule has 1 aromatic carbocycles. The summed E-state index contributed by atoms with van der Waals surface area (Å²) in [5.74, 6) is -1.79. The molecular weight excluding hydrogens is 529 g/mol. The maximum atomic E-state index is 16.6. The summed E-state index contributed by atoms with van der Waals surface area (Å²) in [6.45, 7) is -1.19. The second kappa shape index (κ2) is 11.3. The van der Waals surface area contributed by atoms with Crippen LogP contribution in [-0.4, -0.2) is 68.3 Å². The molecule has 2 aliphatic rings. The van der Waals surface area contributed by atoms with E-state index in [0.29, 0.717) is 30.9 Å². The minimum absolute atomic E-state index is 0.0587. The van der Waals surface area contributed by atoms with Gasteiger partial charge in [-0.25, -0.2) is 17.6 Å². The van der Waals surface area contributed by atoms with Crippen LogP contribution in [0.15, 0.2) is 41.3 Å². The number of ether oxygens (including phenoxy) is 3. The first-order valence-electron chi connectivity index (χ1n) is 11.9. The molecule has 2 aromatic rings. The number of rotatable bonds is 10. The van der Waals surface area contributed by atoms with Crippen LogP contribution in [0.4, 0.5) is 13.2 Å². The monoisotopic (exact) mass is 556 g/mol. The number of carbonyl (C=O) groups is 1. The van der Waals surface area contributed by atoms with E-state index in [1.165, 1.54) is 40.7 Å². The number of benzene rings is 1. The first kappa shape index (κ1) is 27.9. The third-order valence-electron chi connectivity index (χ3n) is 6.26.